The molecular weight excluding hydrogens is 596 g/mol. The van der Waals surface area contributed by atoms with Crippen molar-refractivity contribution in [3.63, 3.8) is 0 Å². The molecule has 2 aliphatic heterocycles. The van der Waals surface area contributed by atoms with E-state index in [0.29, 0.717) is 32.7 Å². The van der Waals surface area contributed by atoms with Crippen LogP contribution in [0.5, 0.6) is 0 Å². The maximum atomic E-state index is 12.1. The highest BCUT2D eigenvalue weighted by Gasteiger charge is 2.39. The van der Waals surface area contributed by atoms with Gasteiger partial charge >= 0.3 is 18.0 Å². The number of carbonyl (C=O) groups is 3. The Morgan fingerprint density at radius 2 is 1.19 bits per heavy atom. The Kier molecular flexibility index (Phi) is 10.4. The maximum Gasteiger partial charge on any atom is 0.407 e. The second-order valence-corrected chi connectivity index (χ2v) is 13.5. The summed E-state index contributed by atoms with van der Waals surface area (Å²) in [6.45, 7) is 8.75. The van der Waals surface area contributed by atoms with Crippen molar-refractivity contribution in [2.45, 2.75) is 51.5 Å². The molecule has 2 fully saturated rings. The summed E-state index contributed by atoms with van der Waals surface area (Å²) in [6, 6.07) is 28.0. The van der Waals surface area contributed by atoms with Crippen LogP contribution >= 0.6 is 0 Å². The third kappa shape index (κ3) is 8.65. The Hall–Kier alpha value is -4.51. The molecule has 2 unspecified atom stereocenters. The smallest absolute Gasteiger partial charge is 0.407 e. The summed E-state index contributed by atoms with van der Waals surface area (Å²) in [4.78, 5) is 39.1. The molecular formula is C37H44N4O6. The number of hydrogen-bond donors (Lipinski definition) is 4. The molecule has 5 N–H and O–H groups in total. The molecule has 4 aromatic carbocycles. The molecule has 0 spiro atoms. The second kappa shape index (κ2) is 14.5. The first-order valence-electron chi connectivity index (χ1n) is 16.0. The molecule has 47 heavy (non-hydrogen) atoms. The van der Waals surface area contributed by atoms with Crippen molar-refractivity contribution in [1.82, 2.24) is 15.1 Å². The van der Waals surface area contributed by atoms with Crippen LogP contribution in [-0.2, 0) is 27.4 Å². The van der Waals surface area contributed by atoms with Gasteiger partial charge in [-0.25, -0.2) is 4.79 Å². The zero-order valence-electron chi connectivity index (χ0n) is 27.1. The molecule has 10 nitrogen and oxygen atoms in total. The number of rotatable bonds is 7. The summed E-state index contributed by atoms with van der Waals surface area (Å²) in [7, 11) is 0. The predicted molar refractivity (Wildman–Crippen MR) is 182 cm³/mol. The number of carboxylic acids is 2. The molecule has 2 aliphatic rings. The molecule has 4 aromatic rings. The topological polar surface area (TPSA) is 145 Å². The van der Waals surface area contributed by atoms with Crippen LogP contribution in [0, 0.1) is 11.8 Å². The molecule has 2 saturated heterocycles. The minimum atomic E-state index is -0.906. The van der Waals surface area contributed by atoms with Gasteiger partial charge in [-0.3, -0.25) is 19.4 Å². The number of fused-ring (bicyclic) bond motifs is 2. The number of benzene rings is 4. The van der Waals surface area contributed by atoms with E-state index in [2.05, 4.69) is 63.6 Å². The average molecular weight is 641 g/mol. The van der Waals surface area contributed by atoms with Crippen molar-refractivity contribution in [3.8, 4) is 0 Å². The third-order valence-electron chi connectivity index (χ3n) is 8.72. The SMILES string of the molecule is CC(C)(C)OC(=O)NC1CN(Cc2cccc3ccccc23)C[C@H]1C(=O)O.NC1CN(Cc2cccc3ccccc23)C[C@H]1C(=O)O. The number of nitrogens with two attached hydrogens (primary N) is 1. The van der Waals surface area contributed by atoms with Crippen LogP contribution in [0.4, 0.5) is 4.79 Å². The molecule has 0 saturated carbocycles. The summed E-state index contributed by atoms with van der Waals surface area (Å²) in [6.07, 6.45) is -0.578. The van der Waals surface area contributed by atoms with E-state index in [-0.39, 0.29) is 6.04 Å². The van der Waals surface area contributed by atoms with Gasteiger partial charge < -0.3 is 26.0 Å². The van der Waals surface area contributed by atoms with Crippen LogP contribution < -0.4 is 11.1 Å². The van der Waals surface area contributed by atoms with E-state index < -0.39 is 41.5 Å². The van der Waals surface area contributed by atoms with Crippen LogP contribution in [0.25, 0.3) is 21.5 Å². The Morgan fingerprint density at radius 1 is 0.723 bits per heavy atom. The van der Waals surface area contributed by atoms with Crippen molar-refractivity contribution < 1.29 is 29.3 Å². The number of ether oxygens (including phenoxy) is 1. The summed E-state index contributed by atoms with van der Waals surface area (Å²) < 4.78 is 5.28. The van der Waals surface area contributed by atoms with E-state index in [1.807, 2.05) is 36.4 Å². The summed E-state index contributed by atoms with van der Waals surface area (Å²) >= 11 is 0. The van der Waals surface area contributed by atoms with Crippen molar-refractivity contribution in [3.05, 3.63) is 96.1 Å². The van der Waals surface area contributed by atoms with E-state index in [1.165, 1.54) is 16.3 Å². The number of aliphatic carboxylic acids is 2. The minimum absolute atomic E-state index is 0.275. The van der Waals surface area contributed by atoms with Crippen LogP contribution in [0.2, 0.25) is 0 Å². The highest BCUT2D eigenvalue weighted by atomic mass is 16.6. The van der Waals surface area contributed by atoms with Crippen LogP contribution in [0.15, 0.2) is 84.9 Å². The Bertz CT molecular complexity index is 1730. The minimum Gasteiger partial charge on any atom is -0.481 e. The number of nitrogens with one attached hydrogen (secondary N) is 1. The standard InChI is InChI=1S/C21H26N2O4.C16H18N2O2/c1-21(2,3)27-20(26)22-18-13-23(12-17(18)19(24)25)11-15-9-6-8-14-7-4-5-10-16(14)15;17-15-10-18(9-14(15)16(19)20)8-12-6-3-5-11-4-1-2-7-13(11)12/h4-10,17-18H,11-13H2,1-3H3,(H,22,26)(H,24,25);1-7,14-15H,8-10,17H2,(H,19,20)/t17-,18?;14-,15?/m11/s1. The van der Waals surface area contributed by atoms with E-state index in [4.69, 9.17) is 15.6 Å². The predicted octanol–water partition coefficient (Wildman–Crippen LogP) is 4.93. The van der Waals surface area contributed by atoms with Gasteiger partial charge in [0.15, 0.2) is 0 Å². The van der Waals surface area contributed by atoms with Crippen molar-refractivity contribution in [1.29, 1.82) is 0 Å². The molecule has 0 aromatic heterocycles. The van der Waals surface area contributed by atoms with Crippen LogP contribution in [0.1, 0.15) is 31.9 Å². The lowest BCUT2D eigenvalue weighted by atomic mass is 10.0. The zero-order valence-corrected chi connectivity index (χ0v) is 27.1. The van der Waals surface area contributed by atoms with Gasteiger partial charge in [-0.15, -0.1) is 0 Å². The summed E-state index contributed by atoms with van der Waals surface area (Å²) in [5.41, 5.74) is 7.66. The van der Waals surface area contributed by atoms with Gasteiger partial charge in [-0.2, -0.15) is 0 Å². The van der Waals surface area contributed by atoms with E-state index in [1.54, 1.807) is 20.8 Å². The van der Waals surface area contributed by atoms with Gasteiger partial charge in [0.25, 0.3) is 0 Å². The van der Waals surface area contributed by atoms with Crippen LogP contribution in [-0.4, -0.2) is 81.9 Å². The lowest BCUT2D eigenvalue weighted by Crippen LogP contribution is -2.45. The fourth-order valence-corrected chi connectivity index (χ4v) is 6.52. The number of alkyl carbamates (subject to hydrolysis) is 1. The van der Waals surface area contributed by atoms with Gasteiger partial charge in [-0.1, -0.05) is 84.9 Å². The number of nitrogens with zero attached hydrogens (tertiary/aromatic N) is 2. The Balaban J connectivity index is 0.000000193. The quantitative estimate of drug-likeness (QED) is 0.221. The lowest BCUT2D eigenvalue weighted by molar-refractivity contribution is -0.142. The molecule has 0 bridgehead atoms. The highest BCUT2D eigenvalue weighted by Crippen LogP contribution is 2.26. The first kappa shape index (κ1) is 33.8. The highest BCUT2D eigenvalue weighted by molar-refractivity contribution is 5.86. The molecule has 0 aliphatic carbocycles. The lowest BCUT2D eigenvalue weighted by Gasteiger charge is -2.23. The van der Waals surface area contributed by atoms with Gasteiger partial charge in [0.05, 0.1) is 17.9 Å². The number of amides is 1. The largest absolute Gasteiger partial charge is 0.481 e. The van der Waals surface area contributed by atoms with Gasteiger partial charge in [-0.05, 0) is 53.4 Å². The van der Waals surface area contributed by atoms with E-state index in [0.717, 1.165) is 22.9 Å². The Morgan fingerprint density at radius 3 is 1.68 bits per heavy atom. The fraction of sp³-hybridized carbons (Fsp3) is 0.378. The van der Waals surface area contributed by atoms with Crippen molar-refractivity contribution in [2.24, 2.45) is 17.6 Å². The number of hydrogen-bond acceptors (Lipinski definition) is 7. The van der Waals surface area contributed by atoms with Gasteiger partial charge in [0.2, 0.25) is 0 Å². The van der Waals surface area contributed by atoms with Crippen molar-refractivity contribution in [2.75, 3.05) is 26.2 Å². The van der Waals surface area contributed by atoms with E-state index >= 15 is 0 Å². The molecule has 6 rings (SSSR count). The first-order valence-corrected chi connectivity index (χ1v) is 16.0. The first-order chi connectivity index (χ1) is 22.4. The monoisotopic (exact) mass is 640 g/mol. The summed E-state index contributed by atoms with van der Waals surface area (Å²) in [5.74, 6) is -2.81. The average Bonchev–Trinajstić information content (AvgIpc) is 3.59. The molecule has 2 heterocycles. The Labute approximate surface area is 275 Å². The number of likely N-dealkylation sites (tertiary alicyclic amines) is 2. The maximum absolute atomic E-state index is 12.1. The normalized spacial score (nSPS) is 21.7. The van der Waals surface area contributed by atoms with Gasteiger partial charge in [0, 0.05) is 45.3 Å². The van der Waals surface area contributed by atoms with Gasteiger partial charge in [0.1, 0.15) is 5.60 Å². The molecule has 4 atom stereocenters. The number of carboxylic acid groups (broad SMARTS) is 2. The van der Waals surface area contributed by atoms with E-state index in [9.17, 15) is 19.5 Å². The third-order valence-corrected chi connectivity index (χ3v) is 8.72. The van der Waals surface area contributed by atoms with Crippen molar-refractivity contribution >= 4 is 39.6 Å². The molecule has 248 valence electrons. The zero-order chi connectivity index (χ0) is 33.7. The molecule has 10 heteroatoms. The fourth-order valence-electron chi connectivity index (χ4n) is 6.52. The summed E-state index contributed by atoms with van der Waals surface area (Å²) in [5, 5.41) is 26.2. The molecule has 0 radical (unpaired) electrons. The number of carbonyl (C=O) groups excluding carboxylic acids is 1. The second-order valence-electron chi connectivity index (χ2n) is 13.5. The molecule has 1 amide bonds. The van der Waals surface area contributed by atoms with Crippen LogP contribution in [0.3, 0.4) is 0 Å².